The Bertz CT molecular complexity index is 666. The van der Waals surface area contributed by atoms with Crippen molar-refractivity contribution in [2.75, 3.05) is 20.2 Å². The summed E-state index contributed by atoms with van der Waals surface area (Å²) < 4.78 is 35.1. The maximum absolute atomic E-state index is 12.8. The molecule has 3 rings (SSSR count). The lowest BCUT2D eigenvalue weighted by atomic mass is 9.76. The van der Waals surface area contributed by atoms with Crippen LogP contribution in [0.15, 0.2) is 18.3 Å². The zero-order valence-electron chi connectivity index (χ0n) is 14.8. The zero-order valence-corrected chi connectivity index (χ0v) is 15.6. The number of nitrogens with zero attached hydrogens (tertiary/aromatic N) is 2. The van der Waals surface area contributed by atoms with Crippen LogP contribution in [-0.2, 0) is 10.2 Å². The molecule has 1 unspecified atom stereocenters. The maximum atomic E-state index is 12.8. The van der Waals surface area contributed by atoms with Crippen LogP contribution in [0.5, 0.6) is 5.88 Å². The molecule has 0 amide bonds. The number of pyridine rings is 1. The van der Waals surface area contributed by atoms with Gasteiger partial charge in [0.25, 0.3) is 10.2 Å². The Kier molecular flexibility index (Phi) is 5.62. The van der Waals surface area contributed by atoms with Crippen LogP contribution in [0.3, 0.4) is 0 Å². The quantitative estimate of drug-likeness (QED) is 0.792. The Morgan fingerprint density at radius 2 is 2.00 bits per heavy atom. The number of aromatic nitrogens is 1. The molecule has 0 radical (unpaired) electrons. The van der Waals surface area contributed by atoms with Crippen LogP contribution >= 0.6 is 0 Å². The first-order valence-corrected chi connectivity index (χ1v) is 10.3. The molecule has 1 aliphatic carbocycles. The van der Waals surface area contributed by atoms with Crippen molar-refractivity contribution in [3.05, 3.63) is 23.9 Å². The molecule has 0 bridgehead atoms. The fraction of sp³-hybridized carbons (Fsp3) is 0.706. The Labute approximate surface area is 149 Å². The normalized spacial score (nSPS) is 26.8. The molecule has 0 aromatic carbocycles. The first-order valence-electron chi connectivity index (χ1n) is 8.84. The smallest absolute Gasteiger partial charge is 0.280 e. The maximum Gasteiger partial charge on any atom is 0.280 e. The Balaban J connectivity index is 1.77. The summed E-state index contributed by atoms with van der Waals surface area (Å²) in [5.41, 5.74) is 0.798. The minimum absolute atomic E-state index is 0.0729. The highest BCUT2D eigenvalue weighted by molar-refractivity contribution is 7.87. The lowest BCUT2D eigenvalue weighted by molar-refractivity contribution is 0.0276. The summed E-state index contributed by atoms with van der Waals surface area (Å²) >= 11 is 0. The molecule has 140 valence electrons. The van der Waals surface area contributed by atoms with E-state index in [9.17, 15) is 13.5 Å². The molecule has 2 heterocycles. The van der Waals surface area contributed by atoms with E-state index >= 15 is 0 Å². The highest BCUT2D eigenvalue weighted by Gasteiger charge is 2.38. The van der Waals surface area contributed by atoms with Crippen molar-refractivity contribution in [2.24, 2.45) is 11.8 Å². The molecule has 0 spiro atoms. The molecule has 1 saturated heterocycles. The second-order valence-corrected chi connectivity index (χ2v) is 8.90. The van der Waals surface area contributed by atoms with Crippen LogP contribution < -0.4 is 9.46 Å². The number of nitrogens with one attached hydrogen (secondary N) is 1. The predicted molar refractivity (Wildman–Crippen MR) is 94.3 cm³/mol. The van der Waals surface area contributed by atoms with E-state index in [0.717, 1.165) is 18.4 Å². The number of ether oxygens (including phenoxy) is 1. The van der Waals surface area contributed by atoms with E-state index in [2.05, 4.69) is 16.6 Å². The van der Waals surface area contributed by atoms with Crippen LogP contribution in [0.4, 0.5) is 0 Å². The first kappa shape index (κ1) is 18.6. The van der Waals surface area contributed by atoms with Gasteiger partial charge in [-0.2, -0.15) is 17.4 Å². The number of methoxy groups -OCH3 is 1. The summed E-state index contributed by atoms with van der Waals surface area (Å²) in [6.07, 6.45) is 4.26. The number of aliphatic hydroxyl groups is 1. The van der Waals surface area contributed by atoms with Crippen molar-refractivity contribution in [3.63, 3.8) is 0 Å². The minimum atomic E-state index is -3.57. The van der Waals surface area contributed by atoms with Crippen molar-refractivity contribution in [1.82, 2.24) is 14.0 Å². The van der Waals surface area contributed by atoms with Crippen molar-refractivity contribution in [3.8, 4) is 5.88 Å². The summed E-state index contributed by atoms with van der Waals surface area (Å²) in [7, 11) is -2.02. The average Bonchev–Trinajstić information content (AvgIpc) is 2.58. The van der Waals surface area contributed by atoms with Gasteiger partial charge in [-0.15, -0.1) is 0 Å². The fourth-order valence-corrected chi connectivity index (χ4v) is 4.99. The molecular formula is C17H27N3O4S. The van der Waals surface area contributed by atoms with Crippen LogP contribution in [-0.4, -0.2) is 49.1 Å². The summed E-state index contributed by atoms with van der Waals surface area (Å²) in [4.78, 5) is 4.20. The van der Waals surface area contributed by atoms with Gasteiger partial charge < -0.3 is 9.84 Å². The van der Waals surface area contributed by atoms with E-state index in [-0.39, 0.29) is 18.1 Å². The van der Waals surface area contributed by atoms with Crippen LogP contribution in [0, 0.1) is 11.8 Å². The van der Waals surface area contributed by atoms with Gasteiger partial charge in [-0.05, 0) is 43.1 Å². The largest absolute Gasteiger partial charge is 0.481 e. The predicted octanol–water partition coefficient (Wildman–Crippen LogP) is 1.47. The molecule has 1 aliphatic heterocycles. The van der Waals surface area contributed by atoms with E-state index in [1.807, 2.05) is 6.07 Å². The van der Waals surface area contributed by atoms with E-state index in [4.69, 9.17) is 4.74 Å². The molecule has 8 heteroatoms. The highest BCUT2D eigenvalue weighted by Crippen LogP contribution is 2.39. The molecule has 2 N–H and O–H groups in total. The van der Waals surface area contributed by atoms with Crippen LogP contribution in [0.2, 0.25) is 0 Å². The average molecular weight is 369 g/mol. The van der Waals surface area contributed by atoms with E-state index in [0.29, 0.717) is 37.7 Å². The minimum Gasteiger partial charge on any atom is -0.481 e. The van der Waals surface area contributed by atoms with E-state index in [1.54, 1.807) is 19.4 Å². The molecule has 2 fully saturated rings. The van der Waals surface area contributed by atoms with Gasteiger partial charge in [0.05, 0.1) is 19.3 Å². The molecule has 7 nitrogen and oxygen atoms in total. The summed E-state index contributed by atoms with van der Waals surface area (Å²) in [5.74, 6) is 1.13. The summed E-state index contributed by atoms with van der Waals surface area (Å²) in [5, 5.41) is 9.65. The van der Waals surface area contributed by atoms with Gasteiger partial charge in [0.2, 0.25) is 5.88 Å². The second kappa shape index (κ2) is 7.57. The monoisotopic (exact) mass is 369 g/mol. The first-order chi connectivity index (χ1) is 11.9. The molecule has 1 atom stereocenters. The molecule has 1 aromatic heterocycles. The summed E-state index contributed by atoms with van der Waals surface area (Å²) in [6, 6.07) is 3.18. The fourth-order valence-electron chi connectivity index (χ4n) is 3.50. The van der Waals surface area contributed by atoms with Crippen molar-refractivity contribution >= 4 is 10.2 Å². The van der Waals surface area contributed by atoms with Crippen molar-refractivity contribution < 1.29 is 18.3 Å². The van der Waals surface area contributed by atoms with E-state index in [1.165, 1.54) is 4.31 Å². The number of piperidine rings is 1. The molecule has 1 aromatic rings. The third kappa shape index (κ3) is 4.31. The molecule has 25 heavy (non-hydrogen) atoms. The lowest BCUT2D eigenvalue weighted by Crippen LogP contribution is -2.49. The molecular weight excluding hydrogens is 342 g/mol. The highest BCUT2D eigenvalue weighted by atomic mass is 32.2. The molecule has 1 saturated carbocycles. The Morgan fingerprint density at radius 1 is 1.32 bits per heavy atom. The standard InChI is InChI=1S/C17H27N3O4S/c1-12-5-7-20(8-6-12)25(22,23)19-17(14-9-15(21)10-14)13-3-4-16(24-2)18-11-13/h3-4,11-12,14-15,17,19,21H,5-10H2,1-2H3. The Hall–Kier alpha value is -1.22. The van der Waals surface area contributed by atoms with E-state index < -0.39 is 10.2 Å². The second-order valence-electron chi connectivity index (χ2n) is 7.20. The molecule has 2 aliphatic rings. The van der Waals surface area contributed by atoms with Gasteiger partial charge in [0, 0.05) is 25.4 Å². The van der Waals surface area contributed by atoms with Gasteiger partial charge in [0.15, 0.2) is 0 Å². The SMILES string of the molecule is COc1ccc(C(NS(=O)(=O)N2CCC(C)CC2)C2CC(O)C2)cn1. The van der Waals surface area contributed by atoms with Crippen molar-refractivity contribution in [1.29, 1.82) is 0 Å². The van der Waals surface area contributed by atoms with Crippen LogP contribution in [0.1, 0.15) is 44.2 Å². The van der Waals surface area contributed by atoms with Gasteiger partial charge in [-0.1, -0.05) is 13.0 Å². The third-order valence-electron chi connectivity index (χ3n) is 5.31. The number of rotatable bonds is 6. The number of hydrogen-bond acceptors (Lipinski definition) is 5. The van der Waals surface area contributed by atoms with Gasteiger partial charge in [0.1, 0.15) is 0 Å². The summed E-state index contributed by atoms with van der Waals surface area (Å²) in [6.45, 7) is 3.26. The number of aliphatic hydroxyl groups excluding tert-OH is 1. The van der Waals surface area contributed by atoms with Gasteiger partial charge in [-0.3, -0.25) is 0 Å². The van der Waals surface area contributed by atoms with Crippen LogP contribution in [0.25, 0.3) is 0 Å². The van der Waals surface area contributed by atoms with Crippen molar-refractivity contribution in [2.45, 2.75) is 44.8 Å². The topological polar surface area (TPSA) is 91.8 Å². The van der Waals surface area contributed by atoms with Gasteiger partial charge in [-0.25, -0.2) is 4.98 Å². The Morgan fingerprint density at radius 3 is 2.52 bits per heavy atom. The zero-order chi connectivity index (χ0) is 18.0. The number of hydrogen-bond donors (Lipinski definition) is 2. The lowest BCUT2D eigenvalue weighted by Gasteiger charge is -2.39. The van der Waals surface area contributed by atoms with Gasteiger partial charge >= 0.3 is 0 Å². The third-order valence-corrected chi connectivity index (χ3v) is 6.90.